The fourth-order valence-corrected chi connectivity index (χ4v) is 0.859. The number of nitrogens with two attached hydrogens (primary N) is 2. The van der Waals surface area contributed by atoms with Gasteiger partial charge in [-0.05, 0) is 13.8 Å². The molecule has 0 spiro atoms. The summed E-state index contributed by atoms with van der Waals surface area (Å²) in [6, 6.07) is 0.376. The van der Waals surface area contributed by atoms with Crippen LogP contribution in [0.3, 0.4) is 0 Å². The quantitative estimate of drug-likeness (QED) is 0.584. The predicted octanol–water partition coefficient (Wildman–Crippen LogP) is 0.604. The maximum Gasteiger partial charge on any atom is 0.0749 e. The highest BCUT2D eigenvalue weighted by molar-refractivity contribution is 5.61. The normalized spacial score (nSPS) is 10.5. The molecule has 0 atom stereocenters. The highest BCUT2D eigenvalue weighted by atomic mass is 15.4. The first-order valence-electron chi connectivity index (χ1n) is 3.59. The zero-order valence-corrected chi connectivity index (χ0v) is 6.83. The predicted molar refractivity (Wildman–Crippen MR) is 47.8 cm³/mol. The van der Waals surface area contributed by atoms with Crippen LogP contribution in [0.15, 0.2) is 12.4 Å². The van der Waals surface area contributed by atoms with E-state index in [2.05, 4.69) is 5.43 Å². The van der Waals surface area contributed by atoms with Crippen LogP contribution in [0, 0.1) is 0 Å². The highest BCUT2D eigenvalue weighted by Gasteiger charge is 1.98. The Kier molecular flexibility index (Phi) is 1.94. The summed E-state index contributed by atoms with van der Waals surface area (Å²) in [6.45, 7) is 4.10. The van der Waals surface area contributed by atoms with Crippen molar-refractivity contribution in [3.8, 4) is 0 Å². The minimum Gasteiger partial charge on any atom is -0.396 e. The van der Waals surface area contributed by atoms with Gasteiger partial charge in [0.2, 0.25) is 0 Å². The molecule has 4 heteroatoms. The van der Waals surface area contributed by atoms with Gasteiger partial charge in [0.05, 0.1) is 23.8 Å². The van der Waals surface area contributed by atoms with Crippen LogP contribution < -0.4 is 16.9 Å². The van der Waals surface area contributed by atoms with Gasteiger partial charge in [-0.25, -0.2) is 0 Å². The van der Waals surface area contributed by atoms with Crippen LogP contribution in [-0.4, -0.2) is 10.7 Å². The van der Waals surface area contributed by atoms with Gasteiger partial charge in [-0.2, -0.15) is 0 Å². The van der Waals surface area contributed by atoms with E-state index < -0.39 is 0 Å². The van der Waals surface area contributed by atoms with Gasteiger partial charge >= 0.3 is 0 Å². The molecule has 0 radical (unpaired) electrons. The topological polar surface area (TPSA) is 69.0 Å². The van der Waals surface area contributed by atoms with Gasteiger partial charge in [0.1, 0.15) is 0 Å². The van der Waals surface area contributed by atoms with Crippen LogP contribution in [0.1, 0.15) is 13.8 Å². The summed E-state index contributed by atoms with van der Waals surface area (Å²) >= 11 is 0. The lowest BCUT2D eigenvalue weighted by Crippen LogP contribution is -2.20. The van der Waals surface area contributed by atoms with E-state index >= 15 is 0 Å². The molecule has 5 N–H and O–H groups in total. The van der Waals surface area contributed by atoms with Crippen molar-refractivity contribution in [1.29, 1.82) is 0 Å². The number of aromatic nitrogens is 1. The van der Waals surface area contributed by atoms with Gasteiger partial charge in [-0.1, -0.05) is 0 Å². The van der Waals surface area contributed by atoms with Crippen LogP contribution in [0.2, 0.25) is 0 Å². The van der Waals surface area contributed by atoms with E-state index in [0.717, 1.165) is 0 Å². The smallest absolute Gasteiger partial charge is 0.0749 e. The van der Waals surface area contributed by atoms with Gasteiger partial charge in [0, 0.05) is 6.04 Å². The monoisotopic (exact) mass is 154 g/mol. The van der Waals surface area contributed by atoms with Gasteiger partial charge in [-0.15, -0.1) is 0 Å². The molecule has 0 bridgehead atoms. The SMILES string of the molecule is CC(C)Nn1cc(N)c(N)c1. The molecule has 0 aromatic carbocycles. The van der Waals surface area contributed by atoms with Crippen LogP contribution in [0.5, 0.6) is 0 Å². The molecule has 0 fully saturated rings. The minimum absolute atomic E-state index is 0.376. The molecule has 4 nitrogen and oxygen atoms in total. The lowest BCUT2D eigenvalue weighted by molar-refractivity contribution is 0.740. The number of nitrogen functional groups attached to an aromatic ring is 2. The summed E-state index contributed by atoms with van der Waals surface area (Å²) in [5.41, 5.74) is 15.4. The Morgan fingerprint density at radius 2 is 1.73 bits per heavy atom. The molecule has 1 aromatic rings. The fraction of sp³-hybridized carbons (Fsp3) is 0.429. The Balaban J connectivity index is 2.73. The first-order valence-corrected chi connectivity index (χ1v) is 3.59. The van der Waals surface area contributed by atoms with Crippen molar-refractivity contribution >= 4 is 11.4 Å². The molecule has 62 valence electrons. The molecule has 0 saturated heterocycles. The fourth-order valence-electron chi connectivity index (χ4n) is 0.859. The molecule has 1 heterocycles. The number of hydrogen-bond acceptors (Lipinski definition) is 3. The number of anilines is 2. The van der Waals surface area contributed by atoms with Gasteiger partial charge < -0.3 is 16.9 Å². The lowest BCUT2D eigenvalue weighted by atomic mass is 10.4. The molecule has 0 amide bonds. The molecular formula is C7H14N4. The van der Waals surface area contributed by atoms with Gasteiger partial charge in [0.25, 0.3) is 0 Å². The lowest BCUT2D eigenvalue weighted by Gasteiger charge is -2.09. The number of rotatable bonds is 2. The molecule has 11 heavy (non-hydrogen) atoms. The van der Waals surface area contributed by atoms with E-state index in [1.54, 1.807) is 17.1 Å². The number of hydrogen-bond donors (Lipinski definition) is 3. The highest BCUT2D eigenvalue weighted by Crippen LogP contribution is 2.13. The van der Waals surface area contributed by atoms with Crippen molar-refractivity contribution in [3.05, 3.63) is 12.4 Å². The second-order valence-corrected chi connectivity index (χ2v) is 2.86. The Morgan fingerprint density at radius 3 is 2.09 bits per heavy atom. The molecular weight excluding hydrogens is 140 g/mol. The van der Waals surface area contributed by atoms with Crippen molar-refractivity contribution in [3.63, 3.8) is 0 Å². The van der Waals surface area contributed by atoms with Crippen molar-refractivity contribution in [1.82, 2.24) is 4.68 Å². The van der Waals surface area contributed by atoms with E-state index in [4.69, 9.17) is 11.5 Å². The maximum absolute atomic E-state index is 5.53. The second-order valence-electron chi connectivity index (χ2n) is 2.86. The number of nitrogens with zero attached hydrogens (tertiary/aromatic N) is 1. The van der Waals surface area contributed by atoms with Crippen LogP contribution in [-0.2, 0) is 0 Å². The van der Waals surface area contributed by atoms with Crippen LogP contribution in [0.4, 0.5) is 11.4 Å². The first-order chi connectivity index (χ1) is 5.09. The summed E-state index contributed by atoms with van der Waals surface area (Å²) < 4.78 is 1.77. The summed E-state index contributed by atoms with van der Waals surface area (Å²) in [5.74, 6) is 0. The van der Waals surface area contributed by atoms with Crippen molar-refractivity contribution in [2.75, 3.05) is 16.9 Å². The van der Waals surface area contributed by atoms with E-state index in [-0.39, 0.29) is 0 Å². The van der Waals surface area contributed by atoms with Gasteiger partial charge in [-0.3, -0.25) is 4.68 Å². The zero-order valence-electron chi connectivity index (χ0n) is 6.83. The molecule has 1 aromatic heterocycles. The van der Waals surface area contributed by atoms with E-state index in [1.165, 1.54) is 0 Å². The summed E-state index contributed by atoms with van der Waals surface area (Å²) in [6.07, 6.45) is 3.52. The Morgan fingerprint density at radius 1 is 1.27 bits per heavy atom. The zero-order chi connectivity index (χ0) is 8.43. The Bertz CT molecular complexity index is 219. The third kappa shape index (κ3) is 1.80. The van der Waals surface area contributed by atoms with Gasteiger partial charge in [0.15, 0.2) is 0 Å². The van der Waals surface area contributed by atoms with E-state index in [0.29, 0.717) is 17.4 Å². The molecule has 0 aliphatic heterocycles. The third-order valence-corrected chi connectivity index (χ3v) is 1.30. The molecule has 0 unspecified atom stereocenters. The average Bonchev–Trinajstić information content (AvgIpc) is 2.10. The van der Waals surface area contributed by atoms with E-state index in [9.17, 15) is 0 Å². The van der Waals surface area contributed by atoms with Crippen molar-refractivity contribution < 1.29 is 0 Å². The Labute approximate surface area is 66.1 Å². The molecule has 0 aliphatic carbocycles. The minimum atomic E-state index is 0.376. The maximum atomic E-state index is 5.53. The summed E-state index contributed by atoms with van der Waals surface area (Å²) in [7, 11) is 0. The number of nitrogens with one attached hydrogen (secondary N) is 1. The van der Waals surface area contributed by atoms with E-state index in [1.807, 2.05) is 13.8 Å². The van der Waals surface area contributed by atoms with Crippen LogP contribution >= 0.6 is 0 Å². The molecule has 0 saturated carbocycles. The third-order valence-electron chi connectivity index (χ3n) is 1.30. The van der Waals surface area contributed by atoms with Crippen molar-refractivity contribution in [2.45, 2.75) is 19.9 Å². The Hall–Kier alpha value is -1.32. The second kappa shape index (κ2) is 2.74. The van der Waals surface area contributed by atoms with Crippen molar-refractivity contribution in [2.24, 2.45) is 0 Å². The van der Waals surface area contributed by atoms with Crippen LogP contribution in [0.25, 0.3) is 0 Å². The summed E-state index contributed by atoms with van der Waals surface area (Å²) in [5, 5.41) is 0. The standard InChI is InChI=1S/C7H14N4/c1-5(2)10-11-3-6(8)7(9)4-11/h3-5,10H,8-9H2,1-2H3. The largest absolute Gasteiger partial charge is 0.396 e. The molecule has 1 rings (SSSR count). The first kappa shape index (κ1) is 7.78. The average molecular weight is 154 g/mol. The molecule has 0 aliphatic rings. The summed E-state index contributed by atoms with van der Waals surface area (Å²) in [4.78, 5) is 0.